The van der Waals surface area contributed by atoms with Crippen molar-refractivity contribution in [2.45, 2.75) is 30.7 Å². The highest BCUT2D eigenvalue weighted by atomic mass is 35.5. The van der Waals surface area contributed by atoms with Crippen molar-refractivity contribution < 1.29 is 28.7 Å². The van der Waals surface area contributed by atoms with Gasteiger partial charge in [0.15, 0.2) is 17.0 Å². The highest BCUT2D eigenvalue weighted by Crippen LogP contribution is 2.69. The second-order valence-corrected chi connectivity index (χ2v) is 13.6. The molecule has 6 N–H and O–H groups in total. The maximum atomic E-state index is 13.6. The number of carbonyl (C=O) groups excluding carboxylic acids is 4. The topological polar surface area (TPSA) is 213 Å². The third-order valence-corrected chi connectivity index (χ3v) is 10.1. The zero-order valence-corrected chi connectivity index (χ0v) is 29.1. The standard InChI is InChI=1S/C31H39ClN10O6S/c1-35-28-24-29(39-21(38-28)8-6-18-5-7-20(32)49-18)42(16-37-24)25-19-11-31(19,30(46)36-2)27(47-15-17(14-43)40(3)10-9-33)26(25)48-23(45)13-41(4)22(44)12-34/h5,7,14,16-17,19,25-27H,9-13,15,33-34H2,1-4H3,(H,36,46)(H,35,38,39)/t17?,19-,25-,26+,27+,31+/m1/s1. The van der Waals surface area contributed by atoms with Crippen molar-refractivity contribution >= 4 is 64.0 Å². The van der Waals surface area contributed by atoms with E-state index in [1.165, 1.54) is 25.4 Å². The molecule has 0 bridgehead atoms. The third kappa shape index (κ3) is 7.11. The molecule has 6 atom stereocenters. The minimum atomic E-state index is -1.10. The van der Waals surface area contributed by atoms with Crippen LogP contribution in [0.2, 0.25) is 4.34 Å². The van der Waals surface area contributed by atoms with Crippen molar-refractivity contribution in [3.8, 4) is 11.8 Å². The maximum Gasteiger partial charge on any atom is 0.326 e. The van der Waals surface area contributed by atoms with Gasteiger partial charge in [-0.3, -0.25) is 19.3 Å². The van der Waals surface area contributed by atoms with Crippen molar-refractivity contribution in [3.05, 3.63) is 33.5 Å². The van der Waals surface area contributed by atoms with E-state index in [1.54, 1.807) is 42.0 Å². The molecule has 18 heteroatoms. The molecule has 262 valence electrons. The van der Waals surface area contributed by atoms with Gasteiger partial charge in [-0.15, -0.1) is 11.3 Å². The summed E-state index contributed by atoms with van der Waals surface area (Å²) in [4.78, 5) is 68.8. The number of thiophene rings is 1. The van der Waals surface area contributed by atoms with Gasteiger partial charge in [-0.25, -0.2) is 15.0 Å². The molecule has 2 aliphatic rings. The molecule has 2 amide bonds. The number of rotatable bonds is 14. The van der Waals surface area contributed by atoms with E-state index in [-0.39, 0.29) is 37.3 Å². The minimum absolute atomic E-state index is 0.0916. The van der Waals surface area contributed by atoms with E-state index in [4.69, 9.17) is 37.5 Å². The Labute approximate surface area is 291 Å². The molecular formula is C31H39ClN10O6S. The fraction of sp³-hybridized carbons (Fsp3) is 0.516. The van der Waals surface area contributed by atoms with Gasteiger partial charge in [-0.2, -0.15) is 0 Å². The number of likely N-dealkylation sites (N-methyl/N-ethyl adjacent to an activating group) is 2. The number of aldehydes is 1. The first-order valence-electron chi connectivity index (χ1n) is 15.5. The Kier molecular flexibility index (Phi) is 11.2. The zero-order chi connectivity index (χ0) is 35.5. The summed E-state index contributed by atoms with van der Waals surface area (Å²) in [6, 6.07) is 2.19. The van der Waals surface area contributed by atoms with E-state index in [1.807, 2.05) is 0 Å². The third-order valence-electron chi connectivity index (χ3n) is 9.00. The van der Waals surface area contributed by atoms with E-state index in [0.29, 0.717) is 40.8 Å². The normalized spacial score (nSPS) is 22.9. The summed E-state index contributed by atoms with van der Waals surface area (Å²) in [5, 5.41) is 5.79. The van der Waals surface area contributed by atoms with Crippen LogP contribution in [-0.4, -0.2) is 133 Å². The minimum Gasteiger partial charge on any atom is -0.456 e. The number of fused-ring (bicyclic) bond motifs is 2. The predicted octanol–water partition coefficient (Wildman–Crippen LogP) is -0.538. The monoisotopic (exact) mass is 714 g/mol. The average Bonchev–Trinajstić information content (AvgIpc) is 3.32. The molecule has 2 saturated carbocycles. The van der Waals surface area contributed by atoms with Crippen molar-refractivity contribution in [1.29, 1.82) is 0 Å². The van der Waals surface area contributed by atoms with Crippen LogP contribution in [0.1, 0.15) is 23.2 Å². The summed E-state index contributed by atoms with van der Waals surface area (Å²) in [5.74, 6) is 4.78. The Morgan fingerprint density at radius 2 is 2.02 bits per heavy atom. The number of imidazole rings is 1. The number of amides is 2. The lowest BCUT2D eigenvalue weighted by molar-refractivity contribution is -0.167. The summed E-state index contributed by atoms with van der Waals surface area (Å²) in [6.07, 6.45) is 0.693. The number of ether oxygens (including phenoxy) is 2. The molecule has 0 aliphatic heterocycles. The van der Waals surface area contributed by atoms with Gasteiger partial charge in [-0.05, 0) is 37.4 Å². The molecule has 0 radical (unpaired) electrons. The molecular weight excluding hydrogens is 676 g/mol. The first-order chi connectivity index (χ1) is 23.5. The molecule has 16 nitrogen and oxygen atoms in total. The van der Waals surface area contributed by atoms with Crippen molar-refractivity contribution in [3.63, 3.8) is 0 Å². The highest BCUT2D eigenvalue weighted by molar-refractivity contribution is 7.16. The summed E-state index contributed by atoms with van der Waals surface area (Å²) in [5.41, 5.74) is 10.9. The van der Waals surface area contributed by atoms with Crippen molar-refractivity contribution in [1.82, 2.24) is 34.6 Å². The molecule has 0 spiro atoms. The smallest absolute Gasteiger partial charge is 0.326 e. The lowest BCUT2D eigenvalue weighted by atomic mass is 9.97. The maximum absolute atomic E-state index is 13.6. The number of aromatic nitrogens is 4. The van der Waals surface area contributed by atoms with E-state index >= 15 is 0 Å². The van der Waals surface area contributed by atoms with Crippen LogP contribution in [0.15, 0.2) is 18.5 Å². The Morgan fingerprint density at radius 3 is 2.65 bits per heavy atom. The average molecular weight is 715 g/mol. The van der Waals surface area contributed by atoms with Gasteiger partial charge in [0.2, 0.25) is 17.6 Å². The van der Waals surface area contributed by atoms with Gasteiger partial charge < -0.3 is 45.8 Å². The Hall–Kier alpha value is -4.18. The first-order valence-corrected chi connectivity index (χ1v) is 16.7. The number of esters is 1. The molecule has 0 saturated heterocycles. The number of hydrogen-bond acceptors (Lipinski definition) is 14. The van der Waals surface area contributed by atoms with Gasteiger partial charge in [0.05, 0.1) is 46.2 Å². The van der Waals surface area contributed by atoms with Crippen LogP contribution < -0.4 is 22.1 Å². The lowest BCUT2D eigenvalue weighted by Crippen LogP contribution is -2.49. The summed E-state index contributed by atoms with van der Waals surface area (Å²) >= 11 is 7.39. The highest BCUT2D eigenvalue weighted by Gasteiger charge is 2.77. The van der Waals surface area contributed by atoms with E-state index in [2.05, 4.69) is 32.4 Å². The van der Waals surface area contributed by atoms with Crippen LogP contribution >= 0.6 is 22.9 Å². The Balaban J connectivity index is 1.58. The Morgan fingerprint density at radius 1 is 1.24 bits per heavy atom. The van der Waals surface area contributed by atoms with Crippen LogP contribution in [0, 0.1) is 23.2 Å². The molecule has 2 aliphatic carbocycles. The van der Waals surface area contributed by atoms with Gasteiger partial charge in [0.1, 0.15) is 25.0 Å². The number of anilines is 1. The van der Waals surface area contributed by atoms with Crippen LogP contribution in [0.5, 0.6) is 0 Å². The number of nitrogens with one attached hydrogen (secondary N) is 2. The molecule has 3 aromatic rings. The van der Waals surface area contributed by atoms with Crippen LogP contribution in [-0.2, 0) is 28.7 Å². The van der Waals surface area contributed by atoms with Crippen LogP contribution in [0.4, 0.5) is 5.82 Å². The van der Waals surface area contributed by atoms with Crippen molar-refractivity contribution in [2.24, 2.45) is 22.8 Å². The number of nitrogens with two attached hydrogens (primary N) is 2. The van der Waals surface area contributed by atoms with E-state index in [0.717, 1.165) is 16.1 Å². The molecule has 49 heavy (non-hydrogen) atoms. The van der Waals surface area contributed by atoms with Crippen LogP contribution in [0.25, 0.3) is 11.2 Å². The summed E-state index contributed by atoms with van der Waals surface area (Å²) < 4.78 is 14.9. The lowest BCUT2D eigenvalue weighted by Gasteiger charge is -2.33. The second-order valence-electron chi connectivity index (χ2n) is 11.9. The first kappa shape index (κ1) is 36.1. The van der Waals surface area contributed by atoms with Gasteiger partial charge in [0, 0.05) is 40.2 Å². The molecule has 5 rings (SSSR count). The molecule has 0 aromatic carbocycles. The SMILES string of the molecule is CNC(=O)[C@@]12C[C@@H]1[C@@H](n1cnc3c(NC)nc(C#Cc4ccc(Cl)s4)nc31)[C@H](OC(=O)CN(C)C(=O)CN)[C@@H]2OCC(C=O)N(C)CCN. The number of nitrogens with zero attached hydrogens (tertiary/aromatic N) is 6. The predicted molar refractivity (Wildman–Crippen MR) is 182 cm³/mol. The fourth-order valence-electron chi connectivity index (χ4n) is 6.44. The number of halogens is 1. The second kappa shape index (κ2) is 15.2. The van der Waals surface area contributed by atoms with Crippen LogP contribution in [0.3, 0.4) is 0 Å². The quantitative estimate of drug-likeness (QED) is 0.0940. The fourth-order valence-corrected chi connectivity index (χ4v) is 7.34. The van der Waals surface area contributed by atoms with E-state index in [9.17, 15) is 19.2 Å². The van der Waals surface area contributed by atoms with E-state index < -0.39 is 41.6 Å². The molecule has 3 heterocycles. The number of hydrogen-bond donors (Lipinski definition) is 4. The zero-order valence-electron chi connectivity index (χ0n) is 27.5. The number of carbonyl (C=O) groups is 4. The largest absolute Gasteiger partial charge is 0.456 e. The summed E-state index contributed by atoms with van der Waals surface area (Å²) in [7, 11) is 6.41. The molecule has 2 fully saturated rings. The Bertz CT molecular complexity index is 1790. The summed E-state index contributed by atoms with van der Waals surface area (Å²) in [6.45, 7) is -0.00717. The molecule has 1 unspecified atom stereocenters. The van der Waals surface area contributed by atoms with Gasteiger partial charge >= 0.3 is 5.97 Å². The van der Waals surface area contributed by atoms with Gasteiger partial charge in [0.25, 0.3) is 0 Å². The van der Waals surface area contributed by atoms with Gasteiger partial charge in [-0.1, -0.05) is 11.6 Å². The van der Waals surface area contributed by atoms with Crippen molar-refractivity contribution in [2.75, 3.05) is 66.3 Å². The molecule has 3 aromatic heterocycles.